The number of pyridine rings is 2. The van der Waals surface area contributed by atoms with Gasteiger partial charge in [0.05, 0.1) is 36.9 Å². The highest BCUT2D eigenvalue weighted by Gasteiger charge is 2.25. The molecule has 6 rings (SSSR count). The molecule has 0 saturated carbocycles. The second kappa shape index (κ2) is 12.8. The van der Waals surface area contributed by atoms with Gasteiger partial charge in [-0.2, -0.15) is 5.10 Å². The van der Waals surface area contributed by atoms with Crippen molar-refractivity contribution in [1.82, 2.24) is 34.6 Å². The van der Waals surface area contributed by atoms with Crippen molar-refractivity contribution < 1.29 is 14.3 Å². The molecule has 1 N–H and O–H groups in total. The molecule has 5 aromatic rings. The third kappa shape index (κ3) is 7.11. The Kier molecular flexibility index (Phi) is 8.45. The minimum Gasteiger partial charge on any atom is -0.497 e. The van der Waals surface area contributed by atoms with E-state index in [4.69, 9.17) is 19.4 Å². The predicted octanol–water partition coefficient (Wildman–Crippen LogP) is 5.34. The molecule has 12 heteroatoms. The number of methoxy groups -OCH3 is 1. The first-order chi connectivity index (χ1) is 21.8. The molecule has 0 aliphatic carbocycles. The van der Waals surface area contributed by atoms with E-state index in [1.807, 2.05) is 74.0 Å². The molecule has 0 spiro atoms. The van der Waals surface area contributed by atoms with Crippen LogP contribution in [-0.2, 0) is 11.3 Å². The molecule has 0 unspecified atom stereocenters. The number of carbonyl (C=O) groups is 1. The maximum absolute atomic E-state index is 12.6. The van der Waals surface area contributed by atoms with E-state index >= 15 is 0 Å². The predicted molar refractivity (Wildman–Crippen MR) is 173 cm³/mol. The number of rotatable bonds is 7. The number of hydrogen-bond acceptors (Lipinski definition) is 10. The molecule has 1 saturated heterocycles. The normalized spacial score (nSPS) is 13.9. The van der Waals surface area contributed by atoms with Crippen molar-refractivity contribution in [2.45, 2.75) is 39.3 Å². The van der Waals surface area contributed by atoms with Crippen LogP contribution in [0.1, 0.15) is 32.8 Å². The molecule has 5 heterocycles. The molecule has 232 valence electrons. The van der Waals surface area contributed by atoms with Crippen LogP contribution in [0.15, 0.2) is 73.3 Å². The van der Waals surface area contributed by atoms with E-state index in [-0.39, 0.29) is 6.09 Å². The summed E-state index contributed by atoms with van der Waals surface area (Å²) in [4.78, 5) is 35.4. The highest BCUT2D eigenvalue weighted by Crippen LogP contribution is 2.25. The topological polar surface area (TPSA) is 123 Å². The average Bonchev–Trinajstić information content (AvgIpc) is 3.31. The van der Waals surface area contributed by atoms with Gasteiger partial charge in [0.25, 0.3) is 0 Å². The van der Waals surface area contributed by atoms with Crippen LogP contribution >= 0.6 is 0 Å². The van der Waals surface area contributed by atoms with Gasteiger partial charge < -0.3 is 24.6 Å². The number of aromatic nitrogens is 6. The van der Waals surface area contributed by atoms with Crippen molar-refractivity contribution >= 4 is 28.6 Å². The van der Waals surface area contributed by atoms with Crippen LogP contribution in [0.25, 0.3) is 28.1 Å². The Labute approximate surface area is 262 Å². The Morgan fingerprint density at radius 1 is 0.911 bits per heavy atom. The van der Waals surface area contributed by atoms with Crippen LogP contribution in [0.5, 0.6) is 5.75 Å². The minimum atomic E-state index is -0.523. The van der Waals surface area contributed by atoms with Crippen molar-refractivity contribution in [3.05, 3.63) is 78.9 Å². The second-order valence-electron chi connectivity index (χ2n) is 11.8. The lowest BCUT2D eigenvalue weighted by Gasteiger charge is -2.26. The van der Waals surface area contributed by atoms with E-state index in [9.17, 15) is 4.79 Å². The monoisotopic (exact) mass is 607 g/mol. The maximum atomic E-state index is 12.6. The van der Waals surface area contributed by atoms with Crippen molar-refractivity contribution in [1.29, 1.82) is 0 Å². The summed E-state index contributed by atoms with van der Waals surface area (Å²) in [6.07, 6.45) is 7.51. The van der Waals surface area contributed by atoms with Crippen LogP contribution in [0.2, 0.25) is 0 Å². The van der Waals surface area contributed by atoms with Crippen molar-refractivity contribution in [3.8, 4) is 23.0 Å². The number of nitrogens with one attached hydrogen (secondary N) is 1. The largest absolute Gasteiger partial charge is 0.497 e. The fourth-order valence-corrected chi connectivity index (χ4v) is 5.12. The molecule has 0 bridgehead atoms. The summed E-state index contributed by atoms with van der Waals surface area (Å²) in [6.45, 7) is 8.90. The lowest BCUT2D eigenvalue weighted by atomic mass is 10.2. The number of fused-ring (bicyclic) bond motifs is 1. The molecule has 4 aromatic heterocycles. The Morgan fingerprint density at radius 3 is 2.53 bits per heavy atom. The molecule has 12 nitrogen and oxygen atoms in total. The molecule has 1 amide bonds. The first-order valence-corrected chi connectivity index (χ1v) is 15.0. The lowest BCUT2D eigenvalue weighted by Crippen LogP contribution is -2.39. The molecule has 0 radical (unpaired) electrons. The summed E-state index contributed by atoms with van der Waals surface area (Å²) in [5.74, 6) is 2.99. The summed E-state index contributed by atoms with van der Waals surface area (Å²) >= 11 is 0. The Bertz CT molecular complexity index is 1780. The molecule has 1 aliphatic rings. The fourth-order valence-electron chi connectivity index (χ4n) is 5.12. The van der Waals surface area contributed by atoms with Gasteiger partial charge in [-0.3, -0.25) is 9.97 Å². The van der Waals surface area contributed by atoms with Crippen molar-refractivity contribution in [2.24, 2.45) is 0 Å². The van der Waals surface area contributed by atoms with Crippen LogP contribution in [-0.4, -0.2) is 79.6 Å². The standard InChI is InChI=1S/C33H37N9O3/c1-33(2,3)45-32(43)41-14-6-13-40(15-16-41)30-7-5-8-31(39-30)42-28-17-26(35-19-24(28)20-37-42)27-21-34-22-29(38-27)36-18-23-9-11-25(44-4)12-10-23/h5,7-12,17,19-22H,6,13-16,18H2,1-4H3,(H,36,38). The third-order valence-corrected chi connectivity index (χ3v) is 7.39. The highest BCUT2D eigenvalue weighted by atomic mass is 16.6. The number of benzene rings is 1. The number of amides is 1. The van der Waals surface area contributed by atoms with Gasteiger partial charge in [0.1, 0.15) is 28.7 Å². The van der Waals surface area contributed by atoms with Crippen LogP contribution in [0.4, 0.5) is 16.4 Å². The molecule has 1 fully saturated rings. The third-order valence-electron chi connectivity index (χ3n) is 7.39. The Hall–Kier alpha value is -5.26. The summed E-state index contributed by atoms with van der Waals surface area (Å²) in [7, 11) is 1.65. The summed E-state index contributed by atoms with van der Waals surface area (Å²) in [5, 5.41) is 8.86. The van der Waals surface area contributed by atoms with Gasteiger partial charge in [-0.1, -0.05) is 18.2 Å². The van der Waals surface area contributed by atoms with E-state index < -0.39 is 5.60 Å². The maximum Gasteiger partial charge on any atom is 0.410 e. The van der Waals surface area contributed by atoms with Crippen LogP contribution < -0.4 is 15.0 Å². The zero-order chi connectivity index (χ0) is 31.4. The molecular formula is C33H37N9O3. The summed E-state index contributed by atoms with van der Waals surface area (Å²) in [6, 6.07) is 15.7. The summed E-state index contributed by atoms with van der Waals surface area (Å²) in [5.41, 5.74) is 2.75. The van der Waals surface area contributed by atoms with Gasteiger partial charge in [0.15, 0.2) is 5.82 Å². The van der Waals surface area contributed by atoms with E-state index in [2.05, 4.69) is 25.3 Å². The average molecular weight is 608 g/mol. The van der Waals surface area contributed by atoms with E-state index in [1.165, 1.54) is 0 Å². The van der Waals surface area contributed by atoms with Crippen LogP contribution in [0, 0.1) is 0 Å². The molecule has 1 aromatic carbocycles. The molecule has 1 aliphatic heterocycles. The SMILES string of the molecule is COc1ccc(CNc2cncc(-c3cc4c(cn3)cnn4-c3cccc(N4CCCN(C(=O)OC(C)(C)C)CC4)n3)n2)cc1. The minimum absolute atomic E-state index is 0.276. The number of carbonyl (C=O) groups excluding carboxylic acids is 1. The highest BCUT2D eigenvalue weighted by molar-refractivity contribution is 5.82. The van der Waals surface area contributed by atoms with Gasteiger partial charge in [-0.05, 0) is 63.1 Å². The van der Waals surface area contributed by atoms with Crippen molar-refractivity contribution in [2.75, 3.05) is 43.5 Å². The lowest BCUT2D eigenvalue weighted by molar-refractivity contribution is 0.0263. The molecule has 0 atom stereocenters. The van der Waals surface area contributed by atoms with Crippen molar-refractivity contribution in [3.63, 3.8) is 0 Å². The Balaban J connectivity index is 1.19. The first kappa shape index (κ1) is 29.8. The molecular weight excluding hydrogens is 570 g/mol. The number of anilines is 2. The van der Waals surface area contributed by atoms with Crippen LogP contribution in [0.3, 0.4) is 0 Å². The van der Waals surface area contributed by atoms with E-state index in [1.54, 1.807) is 36.8 Å². The zero-order valence-corrected chi connectivity index (χ0v) is 26.0. The van der Waals surface area contributed by atoms with Gasteiger partial charge in [-0.25, -0.2) is 19.4 Å². The molecule has 45 heavy (non-hydrogen) atoms. The summed E-state index contributed by atoms with van der Waals surface area (Å²) < 4.78 is 12.6. The first-order valence-electron chi connectivity index (χ1n) is 15.0. The van der Waals surface area contributed by atoms with E-state index in [0.29, 0.717) is 49.2 Å². The second-order valence-corrected chi connectivity index (χ2v) is 11.8. The van der Waals surface area contributed by atoms with Gasteiger partial charge in [-0.15, -0.1) is 0 Å². The quantitative estimate of drug-likeness (QED) is 0.259. The van der Waals surface area contributed by atoms with E-state index in [0.717, 1.165) is 41.0 Å². The Morgan fingerprint density at radius 2 is 1.73 bits per heavy atom. The van der Waals surface area contributed by atoms with Gasteiger partial charge >= 0.3 is 6.09 Å². The smallest absolute Gasteiger partial charge is 0.410 e. The number of ether oxygens (including phenoxy) is 2. The number of hydrogen-bond donors (Lipinski definition) is 1. The zero-order valence-electron chi connectivity index (χ0n) is 26.0. The van der Waals surface area contributed by atoms with Gasteiger partial charge in [0.2, 0.25) is 0 Å². The van der Waals surface area contributed by atoms with Gasteiger partial charge in [0, 0.05) is 44.3 Å². The fraction of sp³-hybridized carbons (Fsp3) is 0.333. The number of nitrogens with zero attached hydrogens (tertiary/aromatic N) is 8.